The number of rotatable bonds is 2. The fourth-order valence-electron chi connectivity index (χ4n) is 1.24. The van der Waals surface area contributed by atoms with Gasteiger partial charge < -0.3 is 10.1 Å². The van der Waals surface area contributed by atoms with E-state index in [2.05, 4.69) is 17.3 Å². The van der Waals surface area contributed by atoms with Gasteiger partial charge in [-0.3, -0.25) is 4.90 Å². The second kappa shape index (κ2) is 8.08. The van der Waals surface area contributed by atoms with Crippen LogP contribution in [0.25, 0.3) is 0 Å². The first-order chi connectivity index (χ1) is 4.84. The molecule has 1 saturated heterocycles. The topological polar surface area (TPSA) is 24.5 Å². The molecule has 0 aromatic heterocycles. The molecule has 1 aliphatic rings. The summed E-state index contributed by atoms with van der Waals surface area (Å²) in [5.41, 5.74) is 0. The lowest BCUT2D eigenvalue weighted by Crippen LogP contribution is -2.51. The first-order valence-corrected chi connectivity index (χ1v) is 3.74. The van der Waals surface area contributed by atoms with E-state index in [1.807, 2.05) is 0 Å². The molecule has 0 bridgehead atoms. The summed E-state index contributed by atoms with van der Waals surface area (Å²) in [5, 5.41) is 3.33. The van der Waals surface area contributed by atoms with Crippen molar-refractivity contribution < 1.29 is 4.74 Å². The molecule has 1 aliphatic heterocycles. The predicted octanol–water partition coefficient (Wildman–Crippen LogP) is 0.380. The maximum atomic E-state index is 5.07. The van der Waals surface area contributed by atoms with Gasteiger partial charge >= 0.3 is 0 Å². The summed E-state index contributed by atoms with van der Waals surface area (Å²) in [4.78, 5) is 2.33. The van der Waals surface area contributed by atoms with Gasteiger partial charge in [0, 0.05) is 32.8 Å². The van der Waals surface area contributed by atoms with Crippen molar-refractivity contribution >= 4 is 24.8 Å². The van der Waals surface area contributed by atoms with E-state index in [9.17, 15) is 0 Å². The Morgan fingerprint density at radius 2 is 2.17 bits per heavy atom. The Morgan fingerprint density at radius 1 is 1.50 bits per heavy atom. The summed E-state index contributed by atoms with van der Waals surface area (Å²) in [5.74, 6) is 0. The van der Waals surface area contributed by atoms with Gasteiger partial charge in [-0.2, -0.15) is 0 Å². The number of halogens is 2. The smallest absolute Gasteiger partial charge is 0.0630 e. The van der Waals surface area contributed by atoms with E-state index >= 15 is 0 Å². The number of nitrogens with zero attached hydrogens (tertiary/aromatic N) is 1. The highest BCUT2D eigenvalue weighted by atomic mass is 35.5. The molecule has 0 aromatic carbocycles. The van der Waals surface area contributed by atoms with Gasteiger partial charge in [0.15, 0.2) is 0 Å². The summed E-state index contributed by atoms with van der Waals surface area (Å²) in [6.07, 6.45) is 0. The van der Waals surface area contributed by atoms with Crippen LogP contribution in [0.2, 0.25) is 0 Å². The highest BCUT2D eigenvalue weighted by Crippen LogP contribution is 1.98. The molecule has 1 fully saturated rings. The van der Waals surface area contributed by atoms with E-state index in [1.165, 1.54) is 0 Å². The maximum absolute atomic E-state index is 5.07. The van der Waals surface area contributed by atoms with Crippen LogP contribution in [0, 0.1) is 0 Å². The first-order valence-electron chi connectivity index (χ1n) is 3.74. The van der Waals surface area contributed by atoms with Crippen LogP contribution in [-0.2, 0) is 4.74 Å². The van der Waals surface area contributed by atoms with Gasteiger partial charge in [0.25, 0.3) is 0 Å². The summed E-state index contributed by atoms with van der Waals surface area (Å²) < 4.78 is 5.07. The van der Waals surface area contributed by atoms with Gasteiger partial charge in [-0.05, 0) is 7.05 Å². The van der Waals surface area contributed by atoms with Gasteiger partial charge in [-0.1, -0.05) is 0 Å². The van der Waals surface area contributed by atoms with E-state index in [-0.39, 0.29) is 24.8 Å². The minimum absolute atomic E-state index is 0. The third kappa shape index (κ3) is 4.48. The molecule has 1 N–H and O–H groups in total. The molecule has 1 heterocycles. The molecule has 12 heavy (non-hydrogen) atoms. The lowest BCUT2D eigenvalue weighted by Gasteiger charge is -2.32. The van der Waals surface area contributed by atoms with Gasteiger partial charge in [0.05, 0.1) is 6.61 Å². The van der Waals surface area contributed by atoms with Crippen LogP contribution in [0.4, 0.5) is 0 Å². The molecule has 76 valence electrons. The molecule has 1 unspecified atom stereocenters. The van der Waals surface area contributed by atoms with Gasteiger partial charge in [0.1, 0.15) is 0 Å². The van der Waals surface area contributed by atoms with Crippen molar-refractivity contribution in [1.29, 1.82) is 0 Å². The molecule has 0 saturated carbocycles. The lowest BCUT2D eigenvalue weighted by atomic mass is 10.2. The average Bonchev–Trinajstić information content (AvgIpc) is 1.94. The fourth-order valence-corrected chi connectivity index (χ4v) is 1.24. The lowest BCUT2D eigenvalue weighted by molar-refractivity contribution is 0.0909. The van der Waals surface area contributed by atoms with Crippen molar-refractivity contribution in [2.24, 2.45) is 0 Å². The summed E-state index contributed by atoms with van der Waals surface area (Å²) >= 11 is 0. The van der Waals surface area contributed by atoms with E-state index in [0.717, 1.165) is 26.2 Å². The number of hydrogen-bond donors (Lipinski definition) is 1. The number of piperazine rings is 1. The predicted molar refractivity (Wildman–Crippen MR) is 55.7 cm³/mol. The molecular formula is C7H18Cl2N2O. The van der Waals surface area contributed by atoms with E-state index in [1.54, 1.807) is 7.11 Å². The van der Waals surface area contributed by atoms with Crippen molar-refractivity contribution in [2.75, 3.05) is 40.4 Å². The standard InChI is InChI=1S/C7H16N2O.2ClH/c1-9-4-3-8-5-7(9)6-10-2;;/h7-8H,3-6H2,1-2H3;2*1H. The monoisotopic (exact) mass is 216 g/mol. The van der Waals surface area contributed by atoms with E-state index < -0.39 is 0 Å². The number of methoxy groups -OCH3 is 1. The number of ether oxygens (including phenoxy) is 1. The Labute approximate surface area is 86.7 Å². The molecule has 0 aliphatic carbocycles. The Morgan fingerprint density at radius 3 is 2.67 bits per heavy atom. The largest absolute Gasteiger partial charge is 0.383 e. The van der Waals surface area contributed by atoms with Crippen molar-refractivity contribution in [3.63, 3.8) is 0 Å². The molecule has 0 amide bonds. The molecule has 1 rings (SSSR count). The fraction of sp³-hybridized carbons (Fsp3) is 1.00. The highest BCUT2D eigenvalue weighted by molar-refractivity contribution is 5.85. The van der Waals surface area contributed by atoms with E-state index in [0.29, 0.717) is 6.04 Å². The molecule has 0 spiro atoms. The molecule has 0 aromatic rings. The number of likely N-dealkylation sites (N-methyl/N-ethyl adjacent to an activating group) is 1. The zero-order chi connectivity index (χ0) is 7.40. The minimum Gasteiger partial charge on any atom is -0.383 e. The average molecular weight is 217 g/mol. The second-order valence-corrected chi connectivity index (χ2v) is 2.79. The van der Waals surface area contributed by atoms with Crippen LogP contribution in [-0.4, -0.2) is 51.3 Å². The van der Waals surface area contributed by atoms with Gasteiger partial charge in [-0.15, -0.1) is 24.8 Å². The van der Waals surface area contributed by atoms with Crippen LogP contribution in [0.5, 0.6) is 0 Å². The SMILES string of the molecule is COCC1CNCCN1C.Cl.Cl. The van der Waals surface area contributed by atoms with Crippen LogP contribution >= 0.6 is 24.8 Å². The van der Waals surface area contributed by atoms with Crippen molar-refractivity contribution in [3.05, 3.63) is 0 Å². The normalized spacial score (nSPS) is 24.0. The van der Waals surface area contributed by atoms with Gasteiger partial charge in [-0.25, -0.2) is 0 Å². The van der Waals surface area contributed by atoms with Crippen molar-refractivity contribution in [3.8, 4) is 0 Å². The Bertz CT molecular complexity index is 103. The molecule has 5 heteroatoms. The maximum Gasteiger partial charge on any atom is 0.0630 e. The third-order valence-corrected chi connectivity index (χ3v) is 2.00. The third-order valence-electron chi connectivity index (χ3n) is 2.00. The van der Waals surface area contributed by atoms with Crippen LogP contribution < -0.4 is 5.32 Å². The van der Waals surface area contributed by atoms with Gasteiger partial charge in [0.2, 0.25) is 0 Å². The minimum atomic E-state index is 0. The molecule has 0 radical (unpaired) electrons. The zero-order valence-electron chi connectivity index (χ0n) is 7.58. The number of hydrogen-bond acceptors (Lipinski definition) is 3. The molecule has 3 nitrogen and oxygen atoms in total. The van der Waals surface area contributed by atoms with E-state index in [4.69, 9.17) is 4.74 Å². The Kier molecular flexibility index (Phi) is 10.1. The van der Waals surface area contributed by atoms with Crippen LogP contribution in [0.1, 0.15) is 0 Å². The quantitative estimate of drug-likeness (QED) is 0.723. The summed E-state index contributed by atoms with van der Waals surface area (Å²) in [6.45, 7) is 4.14. The number of nitrogens with one attached hydrogen (secondary N) is 1. The Balaban J connectivity index is 0. The van der Waals surface area contributed by atoms with Crippen molar-refractivity contribution in [2.45, 2.75) is 6.04 Å². The Hall–Kier alpha value is 0.460. The molecular weight excluding hydrogens is 199 g/mol. The molecule has 1 atom stereocenters. The van der Waals surface area contributed by atoms with Crippen LogP contribution in [0.3, 0.4) is 0 Å². The first kappa shape index (κ1) is 15.0. The summed E-state index contributed by atoms with van der Waals surface area (Å²) in [7, 11) is 3.90. The zero-order valence-corrected chi connectivity index (χ0v) is 9.21. The highest BCUT2D eigenvalue weighted by Gasteiger charge is 2.17. The van der Waals surface area contributed by atoms with Crippen molar-refractivity contribution in [1.82, 2.24) is 10.2 Å². The van der Waals surface area contributed by atoms with Crippen LogP contribution in [0.15, 0.2) is 0 Å². The summed E-state index contributed by atoms with van der Waals surface area (Å²) in [6, 6.07) is 0.568. The second-order valence-electron chi connectivity index (χ2n) is 2.79.